The van der Waals surface area contributed by atoms with Gasteiger partial charge in [-0.25, -0.2) is 9.97 Å². The van der Waals surface area contributed by atoms with Crippen molar-refractivity contribution in [2.45, 2.75) is 25.7 Å². The first-order valence-corrected chi connectivity index (χ1v) is 8.75. The van der Waals surface area contributed by atoms with Gasteiger partial charge in [-0.15, -0.1) is 0 Å². The van der Waals surface area contributed by atoms with Crippen LogP contribution in [0.1, 0.15) is 35.2 Å². The van der Waals surface area contributed by atoms with E-state index in [4.69, 9.17) is 4.74 Å². The first-order chi connectivity index (χ1) is 12.3. The first-order valence-electron chi connectivity index (χ1n) is 8.75. The van der Waals surface area contributed by atoms with Crippen molar-refractivity contribution < 1.29 is 9.53 Å². The fourth-order valence-corrected chi connectivity index (χ4v) is 3.03. The molecule has 0 unspecified atom stereocenters. The summed E-state index contributed by atoms with van der Waals surface area (Å²) in [6.45, 7) is 2.36. The van der Waals surface area contributed by atoms with Crippen LogP contribution in [0.25, 0.3) is 0 Å². The summed E-state index contributed by atoms with van der Waals surface area (Å²) in [5.74, 6) is 1.44. The number of carbonyl (C=O) groups is 1. The molecular weight excluding hydrogens is 316 g/mol. The van der Waals surface area contributed by atoms with E-state index in [1.54, 1.807) is 19.5 Å². The molecule has 6 nitrogen and oxygen atoms in total. The number of methoxy groups -OCH3 is 1. The molecule has 132 valence electrons. The molecule has 1 aliphatic heterocycles. The van der Waals surface area contributed by atoms with Crippen molar-refractivity contribution in [3.05, 3.63) is 47.8 Å². The lowest BCUT2D eigenvalue weighted by atomic mass is 10.1. The number of amides is 1. The molecule has 2 heterocycles. The summed E-state index contributed by atoms with van der Waals surface area (Å²) in [5, 5.41) is 3.19. The third kappa shape index (κ3) is 4.47. The normalized spacial score (nSPS) is 14.2. The van der Waals surface area contributed by atoms with Gasteiger partial charge in [-0.2, -0.15) is 0 Å². The van der Waals surface area contributed by atoms with E-state index in [0.717, 1.165) is 43.7 Å². The maximum atomic E-state index is 12.4. The number of rotatable bonds is 6. The van der Waals surface area contributed by atoms with Crippen molar-refractivity contribution in [1.82, 2.24) is 14.9 Å². The molecule has 1 saturated heterocycles. The van der Waals surface area contributed by atoms with E-state index in [1.807, 2.05) is 29.2 Å². The molecule has 25 heavy (non-hydrogen) atoms. The number of anilines is 1. The topological polar surface area (TPSA) is 67.3 Å². The average molecular weight is 340 g/mol. The number of ether oxygens (including phenoxy) is 1. The van der Waals surface area contributed by atoms with Crippen LogP contribution in [0.15, 0.2) is 36.7 Å². The summed E-state index contributed by atoms with van der Waals surface area (Å²) in [6.07, 6.45) is 7.38. The van der Waals surface area contributed by atoms with Gasteiger partial charge in [0.15, 0.2) is 0 Å². The van der Waals surface area contributed by atoms with E-state index in [2.05, 4.69) is 15.3 Å². The highest BCUT2D eigenvalue weighted by Gasteiger charge is 2.18. The van der Waals surface area contributed by atoms with Crippen LogP contribution < -0.4 is 10.1 Å². The van der Waals surface area contributed by atoms with Crippen LogP contribution in [0.5, 0.6) is 5.75 Å². The molecule has 1 aliphatic rings. The molecule has 1 aromatic carbocycles. The van der Waals surface area contributed by atoms with Gasteiger partial charge in [0, 0.05) is 32.0 Å². The Bertz CT molecular complexity index is 697. The van der Waals surface area contributed by atoms with Crippen LogP contribution in [0.3, 0.4) is 0 Å². The van der Waals surface area contributed by atoms with Crippen LogP contribution in [0.2, 0.25) is 0 Å². The van der Waals surface area contributed by atoms with E-state index in [0.29, 0.717) is 18.1 Å². The molecule has 0 spiro atoms. The average Bonchev–Trinajstić information content (AvgIpc) is 2.69. The van der Waals surface area contributed by atoms with E-state index in [1.165, 1.54) is 6.42 Å². The van der Waals surface area contributed by atoms with Crippen molar-refractivity contribution in [2.24, 2.45) is 0 Å². The summed E-state index contributed by atoms with van der Waals surface area (Å²) in [5.41, 5.74) is 1.69. The molecule has 3 rings (SSSR count). The van der Waals surface area contributed by atoms with E-state index < -0.39 is 0 Å². The van der Waals surface area contributed by atoms with Crippen molar-refractivity contribution in [1.29, 1.82) is 0 Å². The summed E-state index contributed by atoms with van der Waals surface area (Å²) < 4.78 is 5.35. The van der Waals surface area contributed by atoms with Crippen LogP contribution in [0.4, 0.5) is 5.95 Å². The number of carbonyl (C=O) groups excluding carboxylic acids is 1. The Balaban J connectivity index is 1.53. The molecule has 2 aromatic rings. The van der Waals surface area contributed by atoms with Gasteiger partial charge < -0.3 is 15.0 Å². The molecule has 0 aliphatic carbocycles. The molecule has 0 atom stereocenters. The monoisotopic (exact) mass is 340 g/mol. The highest BCUT2D eigenvalue weighted by atomic mass is 16.5. The van der Waals surface area contributed by atoms with Gasteiger partial charge in [-0.1, -0.05) is 18.2 Å². The summed E-state index contributed by atoms with van der Waals surface area (Å²) in [6, 6.07) is 7.95. The Labute approximate surface area is 148 Å². The number of nitrogens with one attached hydrogen (secondary N) is 1. The Morgan fingerprint density at radius 3 is 2.60 bits per heavy atom. The van der Waals surface area contributed by atoms with E-state index in [-0.39, 0.29) is 5.91 Å². The smallest absolute Gasteiger partial charge is 0.256 e. The fourth-order valence-electron chi connectivity index (χ4n) is 3.03. The van der Waals surface area contributed by atoms with Crippen molar-refractivity contribution >= 4 is 11.9 Å². The highest BCUT2D eigenvalue weighted by Crippen LogP contribution is 2.17. The minimum absolute atomic E-state index is 0.0280. The van der Waals surface area contributed by atoms with Gasteiger partial charge in [0.25, 0.3) is 5.91 Å². The van der Waals surface area contributed by atoms with Gasteiger partial charge >= 0.3 is 0 Å². The Morgan fingerprint density at radius 2 is 1.88 bits per heavy atom. The molecule has 6 heteroatoms. The van der Waals surface area contributed by atoms with Crippen molar-refractivity contribution in [2.75, 3.05) is 32.1 Å². The van der Waals surface area contributed by atoms with Gasteiger partial charge in [0.1, 0.15) is 5.75 Å². The maximum absolute atomic E-state index is 12.4. The molecular formula is C19H24N4O2. The number of likely N-dealkylation sites (tertiary alicyclic amines) is 1. The zero-order chi connectivity index (χ0) is 17.5. The van der Waals surface area contributed by atoms with Crippen LogP contribution in [-0.2, 0) is 6.42 Å². The standard InChI is InChI=1S/C19H24N4O2/c1-25-17-8-4-3-7-15(17)9-10-20-19-21-13-16(14-22-19)18(24)23-11-5-2-6-12-23/h3-4,7-8,13-14H,2,5-6,9-12H2,1H3,(H,20,21,22). The lowest BCUT2D eigenvalue weighted by Gasteiger charge is -2.26. The van der Waals surface area contributed by atoms with Gasteiger partial charge in [0.2, 0.25) is 5.95 Å². The lowest BCUT2D eigenvalue weighted by Crippen LogP contribution is -2.35. The molecule has 1 N–H and O–H groups in total. The minimum atomic E-state index is 0.0280. The number of para-hydroxylation sites is 1. The second kappa shape index (κ2) is 8.46. The van der Waals surface area contributed by atoms with E-state index >= 15 is 0 Å². The maximum Gasteiger partial charge on any atom is 0.256 e. The molecule has 1 aromatic heterocycles. The predicted octanol–water partition coefficient (Wildman–Crippen LogP) is 2.77. The predicted molar refractivity (Wildman–Crippen MR) is 97.0 cm³/mol. The van der Waals surface area contributed by atoms with Crippen molar-refractivity contribution in [3.63, 3.8) is 0 Å². The fraction of sp³-hybridized carbons (Fsp3) is 0.421. The zero-order valence-corrected chi connectivity index (χ0v) is 14.6. The number of benzene rings is 1. The van der Waals surface area contributed by atoms with Crippen LogP contribution in [-0.4, -0.2) is 47.5 Å². The Hall–Kier alpha value is -2.63. The summed E-state index contributed by atoms with van der Waals surface area (Å²) >= 11 is 0. The van der Waals surface area contributed by atoms with Crippen LogP contribution >= 0.6 is 0 Å². The zero-order valence-electron chi connectivity index (χ0n) is 14.6. The number of hydrogen-bond acceptors (Lipinski definition) is 5. The lowest BCUT2D eigenvalue weighted by molar-refractivity contribution is 0.0723. The quantitative estimate of drug-likeness (QED) is 0.876. The third-order valence-electron chi connectivity index (χ3n) is 4.41. The molecule has 1 amide bonds. The van der Waals surface area contributed by atoms with E-state index in [9.17, 15) is 4.79 Å². The number of piperidine rings is 1. The van der Waals surface area contributed by atoms with Gasteiger partial charge in [-0.3, -0.25) is 4.79 Å². The first kappa shape index (κ1) is 17.2. The molecule has 0 saturated carbocycles. The Morgan fingerprint density at radius 1 is 1.16 bits per heavy atom. The highest BCUT2D eigenvalue weighted by molar-refractivity contribution is 5.93. The van der Waals surface area contributed by atoms with Gasteiger partial charge in [-0.05, 0) is 37.3 Å². The molecule has 1 fully saturated rings. The summed E-state index contributed by atoms with van der Waals surface area (Å²) in [7, 11) is 1.67. The number of aromatic nitrogens is 2. The van der Waals surface area contributed by atoms with Crippen LogP contribution in [0, 0.1) is 0 Å². The SMILES string of the molecule is COc1ccccc1CCNc1ncc(C(=O)N2CCCCC2)cn1. The second-order valence-electron chi connectivity index (χ2n) is 6.14. The third-order valence-corrected chi connectivity index (χ3v) is 4.41. The van der Waals surface area contributed by atoms with Gasteiger partial charge in [0.05, 0.1) is 12.7 Å². The molecule has 0 bridgehead atoms. The number of hydrogen-bond donors (Lipinski definition) is 1. The Kier molecular flexibility index (Phi) is 5.82. The molecule has 0 radical (unpaired) electrons. The summed E-state index contributed by atoms with van der Waals surface area (Å²) in [4.78, 5) is 22.8. The van der Waals surface area contributed by atoms with Crippen molar-refractivity contribution in [3.8, 4) is 5.75 Å². The second-order valence-corrected chi connectivity index (χ2v) is 6.14. The minimum Gasteiger partial charge on any atom is -0.496 e. The number of nitrogens with zero attached hydrogens (tertiary/aromatic N) is 3. The largest absolute Gasteiger partial charge is 0.496 e.